The van der Waals surface area contributed by atoms with Crippen LogP contribution in [0, 0.1) is 58.6 Å². The average molecular weight is 971 g/mol. The van der Waals surface area contributed by atoms with Crippen molar-refractivity contribution in [3.05, 3.63) is 72.8 Å². The van der Waals surface area contributed by atoms with Crippen molar-refractivity contribution < 1.29 is 68.8 Å². The first-order chi connectivity index (χ1) is 29.7. The molecule has 3 aromatic rings. The minimum atomic E-state index is 0. The van der Waals surface area contributed by atoms with Crippen LogP contribution in [0.1, 0.15) is 193 Å². The summed E-state index contributed by atoms with van der Waals surface area (Å²) in [6, 6.07) is 28.0. The maximum absolute atomic E-state index is 6.05. The number of hydrogen-bond acceptors (Lipinski definition) is 6. The maximum Gasteiger partial charge on any atom is 3.00 e. The molecule has 0 spiro atoms. The van der Waals surface area contributed by atoms with Gasteiger partial charge in [0.25, 0.3) is 0 Å². The van der Waals surface area contributed by atoms with Crippen LogP contribution in [0.2, 0.25) is 0 Å². The zero-order valence-corrected chi connectivity index (χ0v) is 39.9. The normalized spacial score (nSPS) is 21.2. The molecule has 1 radical (unpaired) electrons. The van der Waals surface area contributed by atoms with E-state index in [1.165, 1.54) is 193 Å². The van der Waals surface area contributed by atoms with Crippen molar-refractivity contribution >= 4 is 0 Å². The quantitative estimate of drug-likeness (QED) is 0.169. The van der Waals surface area contributed by atoms with Crippen molar-refractivity contribution in [3.63, 3.8) is 0 Å². The summed E-state index contributed by atoms with van der Waals surface area (Å²) >= 11 is 0. The van der Waals surface area contributed by atoms with Crippen LogP contribution in [0.5, 0.6) is 34.5 Å². The van der Waals surface area contributed by atoms with Crippen LogP contribution in [0.15, 0.2) is 54.6 Å². The van der Waals surface area contributed by atoms with Gasteiger partial charge in [0.2, 0.25) is 0 Å². The van der Waals surface area contributed by atoms with E-state index in [4.69, 9.17) is 28.4 Å². The Morgan fingerprint density at radius 3 is 0.541 bits per heavy atom. The predicted molar refractivity (Wildman–Crippen MR) is 241 cm³/mol. The van der Waals surface area contributed by atoms with E-state index in [-0.39, 0.29) is 40.4 Å². The minimum absolute atomic E-state index is 0. The van der Waals surface area contributed by atoms with E-state index in [9.17, 15) is 0 Å². The molecule has 0 aliphatic heterocycles. The van der Waals surface area contributed by atoms with Gasteiger partial charge in [0.05, 0.1) is 36.6 Å². The molecule has 6 saturated carbocycles. The van der Waals surface area contributed by atoms with Gasteiger partial charge in [-0.2, -0.15) is 18.2 Å². The monoisotopic (exact) mass is 971 g/mol. The fourth-order valence-corrected chi connectivity index (χ4v) is 9.87. The molecule has 0 saturated heterocycles. The molecule has 7 heteroatoms. The van der Waals surface area contributed by atoms with Gasteiger partial charge in [-0.05, 0) is 154 Å². The van der Waals surface area contributed by atoms with Crippen molar-refractivity contribution in [2.75, 3.05) is 0 Å². The van der Waals surface area contributed by atoms with Crippen molar-refractivity contribution in [3.8, 4) is 34.5 Å². The number of ether oxygens (including phenoxy) is 6. The molecule has 6 aliphatic rings. The summed E-state index contributed by atoms with van der Waals surface area (Å²) in [5.74, 6) is 5.11. The van der Waals surface area contributed by atoms with E-state index in [1.54, 1.807) is 0 Å². The van der Waals surface area contributed by atoms with Crippen molar-refractivity contribution in [2.24, 2.45) is 0 Å². The summed E-state index contributed by atoms with van der Waals surface area (Å²) in [6.45, 7) is 0. The fraction of sp³-hybridized carbons (Fsp3) is 0.667. The van der Waals surface area contributed by atoms with Gasteiger partial charge in [0.15, 0.2) is 0 Å². The van der Waals surface area contributed by atoms with Gasteiger partial charge in [-0.25, -0.2) is 0 Å². The van der Waals surface area contributed by atoms with Gasteiger partial charge in [0, 0.05) is 34.5 Å². The second-order valence-corrected chi connectivity index (χ2v) is 18.4. The van der Waals surface area contributed by atoms with Crippen LogP contribution in [0.3, 0.4) is 0 Å². The summed E-state index contributed by atoms with van der Waals surface area (Å²) in [5, 5.41) is 0. The molecule has 0 bridgehead atoms. The first kappa shape index (κ1) is 48.3. The van der Waals surface area contributed by atoms with Gasteiger partial charge < -0.3 is 28.4 Å². The second-order valence-electron chi connectivity index (χ2n) is 18.4. The van der Waals surface area contributed by atoms with Crippen molar-refractivity contribution in [2.45, 2.75) is 229 Å². The minimum Gasteiger partial charge on any atom is -0.516 e. The third-order valence-corrected chi connectivity index (χ3v) is 13.3. The average Bonchev–Trinajstić information content (AvgIpc) is 3.29. The smallest absolute Gasteiger partial charge is 0.516 e. The molecule has 6 aliphatic carbocycles. The van der Waals surface area contributed by atoms with E-state index < -0.39 is 0 Å². The number of rotatable bonds is 12. The molecule has 9 rings (SSSR count). The number of benzene rings is 3. The summed E-state index contributed by atoms with van der Waals surface area (Å²) in [7, 11) is 0. The Morgan fingerprint density at radius 1 is 0.246 bits per heavy atom. The van der Waals surface area contributed by atoms with Gasteiger partial charge in [0.1, 0.15) is 0 Å². The van der Waals surface area contributed by atoms with Crippen LogP contribution in [-0.4, -0.2) is 36.6 Å². The molecule has 0 atom stereocenters. The third-order valence-electron chi connectivity index (χ3n) is 13.3. The molecule has 0 unspecified atom stereocenters. The Morgan fingerprint density at radius 2 is 0.393 bits per heavy atom. The van der Waals surface area contributed by atoms with Crippen LogP contribution < -0.4 is 28.4 Å². The van der Waals surface area contributed by atoms with Crippen molar-refractivity contribution in [1.29, 1.82) is 0 Å². The summed E-state index contributed by atoms with van der Waals surface area (Å²) < 4.78 is 36.3. The van der Waals surface area contributed by atoms with E-state index in [0.717, 1.165) is 34.5 Å². The Hall–Kier alpha value is -2.20. The second kappa shape index (κ2) is 27.9. The van der Waals surface area contributed by atoms with Crippen LogP contribution in [0.25, 0.3) is 0 Å². The first-order valence-corrected chi connectivity index (χ1v) is 24.8. The van der Waals surface area contributed by atoms with Gasteiger partial charge in [-0.1, -0.05) is 56.7 Å². The van der Waals surface area contributed by atoms with Crippen LogP contribution in [0.4, 0.5) is 0 Å². The largest absolute Gasteiger partial charge is 3.00 e. The maximum atomic E-state index is 6.05. The molecule has 6 fully saturated rings. The first-order valence-electron chi connectivity index (χ1n) is 24.8. The molecule has 333 valence electrons. The van der Waals surface area contributed by atoms with Gasteiger partial charge in [-0.3, -0.25) is 0 Å². The standard InChI is InChI=1S/3C18H25O2.Sm/c3*1-3-8-15(9-4-1)19-17-12-7-13-18(14-17)20-16-10-5-2-6-11-16;/h3*7,12-13,15-16H,1-6,8-11H2;/q3*-1;+3. The molecule has 3 aromatic carbocycles. The molecule has 0 amide bonds. The van der Waals surface area contributed by atoms with Gasteiger partial charge >= 0.3 is 40.4 Å². The molecule has 0 aromatic heterocycles. The SMILES string of the molecule is [Sm+3].[c-]1c(OC2CCCCC2)cccc1OC1CCCCC1.[c-]1c(OC2CCCCC2)cccc1OC1CCCCC1.[c-]1c(OC2CCCCC2)cccc1OC1CCCCC1. The van der Waals surface area contributed by atoms with Crippen LogP contribution in [-0.2, 0) is 0 Å². The topological polar surface area (TPSA) is 55.4 Å². The third kappa shape index (κ3) is 18.1. The molecule has 0 heterocycles. The Kier molecular flexibility index (Phi) is 22.0. The molecule has 6 nitrogen and oxygen atoms in total. The summed E-state index contributed by atoms with van der Waals surface area (Å²) in [6.07, 6.45) is 40.1. The van der Waals surface area contributed by atoms with Crippen LogP contribution >= 0.6 is 0 Å². The summed E-state index contributed by atoms with van der Waals surface area (Å²) in [5.41, 5.74) is 0. The molecule has 0 N–H and O–H groups in total. The Bertz CT molecular complexity index is 1300. The molecule has 61 heavy (non-hydrogen) atoms. The molecular formula is C54H75O6Sm. The van der Waals surface area contributed by atoms with Gasteiger partial charge in [-0.15, -0.1) is 36.4 Å². The van der Waals surface area contributed by atoms with Crippen molar-refractivity contribution in [1.82, 2.24) is 0 Å². The van der Waals surface area contributed by atoms with E-state index in [0.29, 0.717) is 36.6 Å². The zero-order valence-electron chi connectivity index (χ0n) is 37.2. The predicted octanol–water partition coefficient (Wildman–Crippen LogP) is 14.7. The van der Waals surface area contributed by atoms with E-state index >= 15 is 0 Å². The summed E-state index contributed by atoms with van der Waals surface area (Å²) in [4.78, 5) is 0. The zero-order chi connectivity index (χ0) is 40.9. The Labute approximate surface area is 402 Å². The van der Waals surface area contributed by atoms with E-state index in [1.807, 2.05) is 54.6 Å². The van der Waals surface area contributed by atoms with E-state index in [2.05, 4.69) is 18.2 Å². The number of hydrogen-bond donors (Lipinski definition) is 0. The Balaban J connectivity index is 0.000000152. The molecular weight excluding hydrogens is 895 g/mol. The fourth-order valence-electron chi connectivity index (χ4n) is 9.87.